The summed E-state index contributed by atoms with van der Waals surface area (Å²) in [5.41, 5.74) is 0. The monoisotopic (exact) mass is 207 g/mol. The maximum Gasteiger partial charge on any atom is 0.320 e. The number of carboxylic acid groups (broad SMARTS) is 1. The van der Waals surface area contributed by atoms with Gasteiger partial charge in [-0.15, -0.1) is 0 Å². The van der Waals surface area contributed by atoms with Crippen LogP contribution in [-0.2, 0) is 4.79 Å². The lowest BCUT2D eigenvalue weighted by atomic mass is 10.2. The van der Waals surface area contributed by atoms with E-state index in [0.717, 1.165) is 5.75 Å². The summed E-state index contributed by atoms with van der Waals surface area (Å²) in [4.78, 5) is 10.6. The van der Waals surface area contributed by atoms with Gasteiger partial charge in [0.25, 0.3) is 0 Å². The second kappa shape index (κ2) is 7.17. The van der Waals surface area contributed by atoms with E-state index in [1.54, 1.807) is 18.8 Å². The van der Waals surface area contributed by atoms with Gasteiger partial charge in [0.15, 0.2) is 0 Å². The van der Waals surface area contributed by atoms with Crippen molar-refractivity contribution in [1.82, 2.24) is 5.32 Å². The molecule has 0 heterocycles. The molecule has 0 fully saturated rings. The molecule has 5 heteroatoms. The summed E-state index contributed by atoms with van der Waals surface area (Å²) in [6.45, 7) is 2.06. The van der Waals surface area contributed by atoms with Crippen LogP contribution >= 0.6 is 11.8 Å². The van der Waals surface area contributed by atoms with E-state index in [1.165, 1.54) is 0 Å². The van der Waals surface area contributed by atoms with E-state index in [1.807, 2.05) is 6.92 Å². The van der Waals surface area contributed by atoms with E-state index in [4.69, 9.17) is 10.2 Å². The fourth-order valence-corrected chi connectivity index (χ4v) is 1.71. The Morgan fingerprint density at radius 3 is 2.62 bits per heavy atom. The molecule has 3 N–H and O–H groups in total. The Labute approximate surface area is 82.7 Å². The third kappa shape index (κ3) is 5.90. The summed E-state index contributed by atoms with van der Waals surface area (Å²) in [6.07, 6.45) is 0.584. The lowest BCUT2D eigenvalue weighted by Crippen LogP contribution is -2.34. The Hall–Kier alpha value is -0.260. The van der Waals surface area contributed by atoms with Crippen molar-refractivity contribution >= 4 is 17.7 Å². The number of nitrogens with one attached hydrogen (secondary N) is 1. The molecule has 0 saturated heterocycles. The minimum atomic E-state index is -0.820. The second-order valence-electron chi connectivity index (χ2n) is 2.83. The molecule has 0 bridgehead atoms. The molecule has 0 spiro atoms. The first-order chi connectivity index (χ1) is 6.11. The number of carboxylic acids is 1. The van der Waals surface area contributed by atoms with Gasteiger partial charge in [-0.05, 0) is 19.2 Å². The Balaban J connectivity index is 3.55. The normalized spacial score (nSPS) is 15.3. The van der Waals surface area contributed by atoms with Crippen LogP contribution in [0.5, 0.6) is 0 Å². The first-order valence-electron chi connectivity index (χ1n) is 4.24. The third-order valence-corrected chi connectivity index (χ3v) is 2.90. The molecule has 0 aromatic heterocycles. The van der Waals surface area contributed by atoms with Crippen molar-refractivity contribution in [3.8, 4) is 0 Å². The van der Waals surface area contributed by atoms with Gasteiger partial charge < -0.3 is 15.5 Å². The van der Waals surface area contributed by atoms with Gasteiger partial charge in [-0.3, -0.25) is 4.79 Å². The maximum atomic E-state index is 10.6. The van der Waals surface area contributed by atoms with Gasteiger partial charge in [0, 0.05) is 5.25 Å². The number of rotatable bonds is 7. The molecule has 0 aliphatic rings. The highest BCUT2D eigenvalue weighted by molar-refractivity contribution is 7.99. The highest BCUT2D eigenvalue weighted by Gasteiger charge is 2.14. The molecule has 0 aromatic rings. The molecule has 78 valence electrons. The van der Waals surface area contributed by atoms with Crippen LogP contribution in [0.3, 0.4) is 0 Å². The highest BCUT2D eigenvalue weighted by Crippen LogP contribution is 2.11. The van der Waals surface area contributed by atoms with Crippen molar-refractivity contribution in [3.05, 3.63) is 0 Å². The first kappa shape index (κ1) is 12.7. The number of thioether (sulfide) groups is 1. The number of carbonyl (C=O) groups is 1. The molecule has 0 saturated carbocycles. The van der Waals surface area contributed by atoms with Crippen molar-refractivity contribution < 1.29 is 15.0 Å². The number of likely N-dealkylation sites (N-methyl/N-ethyl adjacent to an activating group) is 1. The van der Waals surface area contributed by atoms with Gasteiger partial charge in [0.2, 0.25) is 0 Å². The molecular formula is C8H17NO3S. The van der Waals surface area contributed by atoms with Gasteiger partial charge in [-0.2, -0.15) is 11.8 Å². The van der Waals surface area contributed by atoms with E-state index < -0.39 is 12.0 Å². The molecule has 13 heavy (non-hydrogen) atoms. The van der Waals surface area contributed by atoms with E-state index in [0.29, 0.717) is 6.42 Å². The van der Waals surface area contributed by atoms with Crippen molar-refractivity contribution in [1.29, 1.82) is 0 Å². The van der Waals surface area contributed by atoms with Gasteiger partial charge >= 0.3 is 5.97 Å². The molecule has 2 unspecified atom stereocenters. The fraction of sp³-hybridized carbons (Fsp3) is 0.875. The van der Waals surface area contributed by atoms with Gasteiger partial charge in [-0.1, -0.05) is 6.92 Å². The molecule has 0 aliphatic carbocycles. The Morgan fingerprint density at radius 2 is 2.23 bits per heavy atom. The van der Waals surface area contributed by atoms with Gasteiger partial charge in [0.05, 0.1) is 6.61 Å². The van der Waals surface area contributed by atoms with E-state index >= 15 is 0 Å². The predicted octanol–water partition coefficient (Wildman–Crippen LogP) is 0.163. The molecule has 0 aromatic carbocycles. The summed E-state index contributed by atoms with van der Waals surface area (Å²) < 4.78 is 0. The van der Waals surface area contributed by atoms with Crippen molar-refractivity contribution in [2.75, 3.05) is 19.4 Å². The van der Waals surface area contributed by atoms with Crippen molar-refractivity contribution in [2.45, 2.75) is 24.6 Å². The highest BCUT2D eigenvalue weighted by atomic mass is 32.2. The standard InChI is InChI=1S/C8H17NO3S/c1-6(5-10)13-4-3-7(9-2)8(11)12/h6-7,9-10H,3-5H2,1-2H3,(H,11,12). The quantitative estimate of drug-likeness (QED) is 0.555. The molecule has 0 aliphatic heterocycles. The van der Waals surface area contributed by atoms with Crippen LogP contribution in [0, 0.1) is 0 Å². The van der Waals surface area contributed by atoms with Gasteiger partial charge in [0.1, 0.15) is 6.04 Å². The van der Waals surface area contributed by atoms with E-state index in [2.05, 4.69) is 5.32 Å². The van der Waals surface area contributed by atoms with E-state index in [-0.39, 0.29) is 11.9 Å². The first-order valence-corrected chi connectivity index (χ1v) is 5.29. The predicted molar refractivity (Wildman–Crippen MR) is 54.1 cm³/mol. The minimum Gasteiger partial charge on any atom is -0.480 e. The molecule has 0 rings (SSSR count). The molecule has 2 atom stereocenters. The molecule has 0 radical (unpaired) electrons. The zero-order valence-corrected chi connectivity index (χ0v) is 8.80. The zero-order chi connectivity index (χ0) is 10.3. The average Bonchev–Trinajstić information content (AvgIpc) is 2.11. The van der Waals surface area contributed by atoms with E-state index in [9.17, 15) is 4.79 Å². The van der Waals surface area contributed by atoms with Crippen LogP contribution in [0.1, 0.15) is 13.3 Å². The number of aliphatic hydroxyl groups is 1. The van der Waals surface area contributed by atoms with Crippen LogP contribution < -0.4 is 5.32 Å². The molecular weight excluding hydrogens is 190 g/mol. The van der Waals surface area contributed by atoms with Gasteiger partial charge in [-0.25, -0.2) is 0 Å². The smallest absolute Gasteiger partial charge is 0.320 e. The Bertz CT molecular complexity index is 154. The number of aliphatic hydroxyl groups excluding tert-OH is 1. The fourth-order valence-electron chi connectivity index (χ4n) is 0.831. The zero-order valence-electron chi connectivity index (χ0n) is 7.99. The Morgan fingerprint density at radius 1 is 1.62 bits per heavy atom. The summed E-state index contributed by atoms with van der Waals surface area (Å²) in [7, 11) is 1.64. The number of hydrogen-bond donors (Lipinski definition) is 3. The Kier molecular flexibility index (Phi) is 7.03. The summed E-state index contributed by atoms with van der Waals surface area (Å²) in [5, 5.41) is 20.3. The van der Waals surface area contributed by atoms with Crippen LogP contribution in [0.4, 0.5) is 0 Å². The molecule has 0 amide bonds. The topological polar surface area (TPSA) is 69.6 Å². The third-order valence-electron chi connectivity index (χ3n) is 1.71. The second-order valence-corrected chi connectivity index (χ2v) is 4.38. The van der Waals surface area contributed by atoms with Crippen LogP contribution in [0.2, 0.25) is 0 Å². The average molecular weight is 207 g/mol. The molecule has 4 nitrogen and oxygen atoms in total. The van der Waals surface area contributed by atoms with Crippen molar-refractivity contribution in [3.63, 3.8) is 0 Å². The van der Waals surface area contributed by atoms with Crippen LogP contribution in [0.25, 0.3) is 0 Å². The summed E-state index contributed by atoms with van der Waals surface area (Å²) in [6, 6.07) is -0.474. The maximum absolute atomic E-state index is 10.6. The SMILES string of the molecule is CNC(CCSC(C)CO)C(=O)O. The lowest BCUT2D eigenvalue weighted by Gasteiger charge is -2.12. The largest absolute Gasteiger partial charge is 0.480 e. The lowest BCUT2D eigenvalue weighted by molar-refractivity contribution is -0.139. The summed E-state index contributed by atoms with van der Waals surface area (Å²) in [5.74, 6) is -0.0701. The van der Waals surface area contributed by atoms with Crippen molar-refractivity contribution in [2.24, 2.45) is 0 Å². The van der Waals surface area contributed by atoms with Crippen LogP contribution in [-0.4, -0.2) is 46.9 Å². The summed E-state index contributed by atoms with van der Waals surface area (Å²) >= 11 is 1.58. The number of hydrogen-bond acceptors (Lipinski definition) is 4. The van der Waals surface area contributed by atoms with Crippen LogP contribution in [0.15, 0.2) is 0 Å². The number of aliphatic carboxylic acids is 1. The minimum absolute atomic E-state index is 0.141.